The van der Waals surface area contributed by atoms with E-state index < -0.39 is 0 Å². The number of hydrogen-bond acceptors (Lipinski definition) is 10. The third-order valence-corrected chi connectivity index (χ3v) is 40.3. The number of aryl methyl sites for hydroxylation is 4. The first-order chi connectivity index (χ1) is 64.0. The Kier molecular flexibility index (Phi) is 53.7. The molecule has 0 saturated carbocycles. The van der Waals surface area contributed by atoms with Crippen LogP contribution in [0.25, 0.3) is 68.9 Å². The average Bonchev–Trinajstić information content (AvgIpc) is 1.56. The highest BCUT2D eigenvalue weighted by Gasteiger charge is 2.50. The molecule has 4 nitrogen and oxygen atoms in total. The van der Waals surface area contributed by atoms with Gasteiger partial charge in [0.05, 0.1) is 60.5 Å². The van der Waals surface area contributed by atoms with Crippen LogP contribution in [0.3, 0.4) is 0 Å². The van der Waals surface area contributed by atoms with Gasteiger partial charge in [0.25, 0.3) is 11.8 Å². The van der Waals surface area contributed by atoms with Crippen molar-refractivity contribution in [1.82, 2.24) is 9.80 Å². The lowest BCUT2D eigenvalue weighted by Crippen LogP contribution is -2.32. The van der Waals surface area contributed by atoms with Gasteiger partial charge >= 0.3 is 0 Å². The summed E-state index contributed by atoms with van der Waals surface area (Å²) in [7, 11) is 0. The van der Waals surface area contributed by atoms with Crippen LogP contribution >= 0.6 is 90.7 Å². The van der Waals surface area contributed by atoms with Crippen molar-refractivity contribution in [3.05, 3.63) is 90.3 Å². The van der Waals surface area contributed by atoms with E-state index in [1.807, 2.05) is 34.0 Å². The van der Waals surface area contributed by atoms with Gasteiger partial charge in [-0.1, -0.05) is 466 Å². The number of hydrogen-bond donors (Lipinski definition) is 0. The summed E-state index contributed by atoms with van der Waals surface area (Å²) in [6, 6.07) is 19.0. The molecule has 0 radical (unpaired) electrons. The summed E-state index contributed by atoms with van der Waals surface area (Å²) in [6.45, 7) is 24.6. The molecule has 0 N–H and O–H groups in total. The number of fused-ring (bicyclic) bond motifs is 6. The maximum Gasteiger partial charge on any atom is 0.261 e. The number of unbranched alkanes of at least 4 members (excludes halogenated alkanes) is 48. The van der Waals surface area contributed by atoms with E-state index in [0.29, 0.717) is 36.1 Å². The van der Waals surface area contributed by atoms with E-state index in [1.54, 1.807) is 55.5 Å². The van der Waals surface area contributed by atoms with Crippen LogP contribution in [-0.2, 0) is 22.4 Å². The number of thiophene rings is 8. The van der Waals surface area contributed by atoms with Gasteiger partial charge in [-0.15, -0.1) is 90.7 Å². The normalized spacial score (nSPS) is 14.3. The Hall–Kier alpha value is -3.20. The van der Waals surface area contributed by atoms with Gasteiger partial charge in [0.15, 0.2) is 0 Å². The van der Waals surface area contributed by atoms with Crippen molar-refractivity contribution < 1.29 is 9.59 Å². The molecule has 10 rings (SSSR count). The molecule has 8 aromatic rings. The third-order valence-electron chi connectivity index (χ3n) is 29.8. The van der Waals surface area contributed by atoms with Gasteiger partial charge < -0.3 is 9.80 Å². The van der Waals surface area contributed by atoms with Crippen molar-refractivity contribution in [2.24, 2.45) is 23.7 Å². The van der Waals surface area contributed by atoms with E-state index >= 15 is 9.59 Å². The van der Waals surface area contributed by atoms with Crippen molar-refractivity contribution >= 4 is 142 Å². The van der Waals surface area contributed by atoms with Gasteiger partial charge in [0.1, 0.15) is 0 Å². The zero-order valence-electron chi connectivity index (χ0n) is 84.8. The summed E-state index contributed by atoms with van der Waals surface area (Å²) in [6.07, 6.45) is 93.1. The van der Waals surface area contributed by atoms with Crippen LogP contribution in [0.4, 0.5) is 0 Å². The Morgan fingerprint density at radius 3 is 0.708 bits per heavy atom. The van der Waals surface area contributed by atoms with Crippen LogP contribution in [0.15, 0.2) is 59.7 Å². The van der Waals surface area contributed by atoms with Crippen LogP contribution in [0, 0.1) is 37.5 Å². The van der Waals surface area contributed by atoms with Crippen molar-refractivity contribution in [2.45, 2.75) is 519 Å². The van der Waals surface area contributed by atoms with Crippen LogP contribution in [0.2, 0.25) is 0 Å². The zero-order valence-corrected chi connectivity index (χ0v) is 91.3. The highest BCUT2D eigenvalue weighted by molar-refractivity contribution is 7.46. The summed E-state index contributed by atoms with van der Waals surface area (Å²) >= 11 is 16.3. The number of nitrogens with zero attached hydrogens (tertiary/aromatic N) is 2. The lowest BCUT2D eigenvalue weighted by molar-refractivity contribution is -0.124. The van der Waals surface area contributed by atoms with E-state index in [4.69, 9.17) is 0 Å². The standard InChI is InChI=1S/C118H186N2O2S8/c1-11-19-27-35-43-47-55-61-69-93(67-59-51-39-31-23-15-5)77-79-97-109(103-82-76-92(10)124-103)127-113-111(97)129-116-114-112(130-115(113)116)98(80-78-94(68-60-52-40-32-24-16-6)70-62-56-48-44-36-28-20-12-2)110(128-114)104-86-84-100(126-104)99-83-85-102(125-99)108-106-105(117(121)120(108)90-88-96(72-64-54-42-34-26-18-8)74-66-58-50-46-38-30-22-14-4)107(101-81-75-91(9)123-101)119(118(106)122)89-87-95(71-63-53-41-33-25-17-7)73-65-57-49-45-37-29-21-13-3/h75-76,81-86,93-96H,11-74,77-80,87-90H2,1-10H3. The molecule has 4 unspecified atom stereocenters. The molecule has 0 aromatic carbocycles. The fourth-order valence-corrected chi connectivity index (χ4v) is 32.2. The molecule has 0 bridgehead atoms. The monoisotopic (exact) mass is 1920 g/mol. The van der Waals surface area contributed by atoms with Crippen LogP contribution in [0.1, 0.15) is 523 Å². The molecule has 4 atom stereocenters. The van der Waals surface area contributed by atoms with Crippen molar-refractivity contribution in [3.63, 3.8) is 0 Å². The number of carbonyl (C=O) groups is 2. The molecule has 130 heavy (non-hydrogen) atoms. The minimum Gasteiger partial charge on any atom is -0.306 e. The molecule has 12 heteroatoms. The Balaban J connectivity index is 1.02. The van der Waals surface area contributed by atoms with Gasteiger partial charge in [-0.2, -0.15) is 0 Å². The molecule has 10 heterocycles. The highest BCUT2D eigenvalue weighted by atomic mass is 32.1. The zero-order chi connectivity index (χ0) is 91.5. The van der Waals surface area contributed by atoms with E-state index in [2.05, 4.69) is 173 Å². The maximum absolute atomic E-state index is 16.4. The van der Waals surface area contributed by atoms with Crippen molar-refractivity contribution in [2.75, 3.05) is 13.1 Å². The molecule has 0 spiro atoms. The molecule has 0 fully saturated rings. The number of rotatable bonds is 81. The first-order valence-electron chi connectivity index (χ1n) is 55.9. The molecular weight excluding hydrogens is 1730 g/mol. The minimum absolute atomic E-state index is 0.0613. The fourth-order valence-electron chi connectivity index (χ4n) is 21.7. The molecule has 0 saturated heterocycles. The topological polar surface area (TPSA) is 40.6 Å². The third kappa shape index (κ3) is 35.3. The van der Waals surface area contributed by atoms with Crippen molar-refractivity contribution in [3.8, 4) is 29.3 Å². The maximum atomic E-state index is 16.4. The first kappa shape index (κ1) is 109. The van der Waals surface area contributed by atoms with Crippen LogP contribution in [0.5, 0.6) is 0 Å². The second-order valence-corrected chi connectivity index (χ2v) is 49.7. The average molecular weight is 1920 g/mol. The highest BCUT2D eigenvalue weighted by Crippen LogP contribution is 2.58. The van der Waals surface area contributed by atoms with E-state index in [-0.39, 0.29) is 11.8 Å². The lowest BCUT2D eigenvalue weighted by atomic mass is 9.89. The SMILES string of the molecule is CCCCCCCCCCC(CCCCCCCC)CCc1c(-c2ccc(C)s2)sc2c1sc1c3sc(-c4ccc(-c5ccc(C6=C7C(=O)N(CCC(CCCCCCCC)CCCCCCCCCC)C(c8ccc(C)s8)=C7C(=O)N6CCC(CCCCCCCC)CCCCCCCCCC)s5)s4)c(CCC(CCCCCCCC)CCCCCCCCCC)c3sc21. The Labute approximate surface area is 829 Å². The smallest absolute Gasteiger partial charge is 0.261 e. The molecule has 2 aliphatic rings. The molecule has 8 aromatic heterocycles. The van der Waals surface area contributed by atoms with Crippen LogP contribution < -0.4 is 0 Å². The van der Waals surface area contributed by atoms with E-state index in [1.165, 1.54) is 464 Å². The van der Waals surface area contributed by atoms with Gasteiger partial charge in [0, 0.05) is 52.1 Å². The Morgan fingerprint density at radius 1 is 0.215 bits per heavy atom. The second kappa shape index (κ2) is 64.1. The summed E-state index contributed by atoms with van der Waals surface area (Å²) in [5, 5.41) is 0. The molecule has 2 aliphatic heterocycles. The lowest BCUT2D eigenvalue weighted by Gasteiger charge is -2.27. The first-order valence-corrected chi connectivity index (χ1v) is 62.4. The number of amides is 2. The molecule has 0 aliphatic carbocycles. The molecule has 2 amide bonds. The largest absolute Gasteiger partial charge is 0.306 e. The summed E-state index contributed by atoms with van der Waals surface area (Å²) < 4.78 is 9.43. The van der Waals surface area contributed by atoms with E-state index in [9.17, 15) is 0 Å². The summed E-state index contributed by atoms with van der Waals surface area (Å²) in [5.74, 6) is 2.78. The number of carbonyl (C=O) groups excluding carboxylic acids is 2. The summed E-state index contributed by atoms with van der Waals surface area (Å²) in [4.78, 5) is 50.5. The van der Waals surface area contributed by atoms with Crippen molar-refractivity contribution in [1.29, 1.82) is 0 Å². The molecule has 728 valence electrons. The quantitative estimate of drug-likeness (QED) is 0.0357. The van der Waals surface area contributed by atoms with Crippen LogP contribution in [-0.4, -0.2) is 34.7 Å². The van der Waals surface area contributed by atoms with E-state index in [0.717, 1.165) is 52.2 Å². The molecular formula is C118H186N2O2S8. The Bertz CT molecular complexity index is 4430. The Morgan fingerprint density at radius 2 is 0.431 bits per heavy atom. The van der Waals surface area contributed by atoms with Gasteiger partial charge in [0.2, 0.25) is 0 Å². The summed E-state index contributed by atoms with van der Waals surface area (Å²) in [5.41, 5.74) is 6.45. The second-order valence-electron chi connectivity index (χ2n) is 40.9. The fraction of sp³-hybridized carbons (Fsp3) is 0.729. The predicted molar refractivity (Wildman–Crippen MR) is 592 cm³/mol. The van der Waals surface area contributed by atoms with Gasteiger partial charge in [-0.3, -0.25) is 9.59 Å². The van der Waals surface area contributed by atoms with Gasteiger partial charge in [-0.05, 0) is 136 Å². The van der Waals surface area contributed by atoms with Gasteiger partial charge in [-0.25, -0.2) is 0 Å². The minimum atomic E-state index is 0.0613. The predicted octanol–water partition coefficient (Wildman–Crippen LogP) is 43.3.